The maximum absolute atomic E-state index is 12.6. The lowest BCUT2D eigenvalue weighted by Gasteiger charge is -2.37. The second-order valence-electron chi connectivity index (χ2n) is 8.01. The number of aromatic nitrogens is 2. The van der Waals surface area contributed by atoms with Gasteiger partial charge in [-0.25, -0.2) is 9.97 Å². The average Bonchev–Trinajstić information content (AvgIpc) is 2.61. The van der Waals surface area contributed by atoms with Crippen molar-refractivity contribution in [1.82, 2.24) is 20.2 Å². The van der Waals surface area contributed by atoms with Crippen LogP contribution in [0.1, 0.15) is 74.1 Å². The Bertz CT molecular complexity index is 676. The molecule has 1 aromatic heterocycles. The fraction of sp³-hybridized carbons (Fsp3) is 0.714. The van der Waals surface area contributed by atoms with E-state index in [9.17, 15) is 9.59 Å². The molecule has 0 radical (unpaired) electrons. The van der Waals surface area contributed by atoms with E-state index < -0.39 is 0 Å². The molecule has 0 aromatic carbocycles. The molecule has 148 valence electrons. The fourth-order valence-corrected chi connectivity index (χ4v) is 3.99. The van der Waals surface area contributed by atoms with Crippen LogP contribution in [0.25, 0.3) is 0 Å². The first-order valence-corrected chi connectivity index (χ1v) is 10.4. The molecule has 1 aromatic rings. The van der Waals surface area contributed by atoms with Crippen molar-refractivity contribution < 1.29 is 9.59 Å². The summed E-state index contributed by atoms with van der Waals surface area (Å²) in [6, 6.07) is 0. The minimum Gasteiger partial charge on any atom is -0.356 e. The predicted octanol–water partition coefficient (Wildman–Crippen LogP) is 2.67. The molecule has 1 aliphatic carbocycles. The summed E-state index contributed by atoms with van der Waals surface area (Å²) in [4.78, 5) is 36.2. The molecular formula is C21H32N4O2. The van der Waals surface area contributed by atoms with Gasteiger partial charge in [-0.1, -0.05) is 13.3 Å². The van der Waals surface area contributed by atoms with Crippen LogP contribution in [0, 0.1) is 19.8 Å². The van der Waals surface area contributed by atoms with Crippen LogP contribution in [0.4, 0.5) is 0 Å². The Balaban J connectivity index is 1.69. The summed E-state index contributed by atoms with van der Waals surface area (Å²) < 4.78 is 0. The van der Waals surface area contributed by atoms with E-state index in [1.165, 1.54) is 6.42 Å². The van der Waals surface area contributed by atoms with Gasteiger partial charge >= 0.3 is 0 Å². The minimum atomic E-state index is 0.0225. The number of hydrogen-bond acceptors (Lipinski definition) is 4. The second-order valence-corrected chi connectivity index (χ2v) is 8.01. The molecule has 2 heterocycles. The third-order valence-corrected chi connectivity index (χ3v) is 5.90. The predicted molar refractivity (Wildman–Crippen MR) is 104 cm³/mol. The summed E-state index contributed by atoms with van der Waals surface area (Å²) in [7, 11) is 0. The number of aryl methyl sites for hydroxylation is 2. The Kier molecular flexibility index (Phi) is 6.45. The molecule has 3 rings (SSSR count). The molecule has 0 spiro atoms. The van der Waals surface area contributed by atoms with Gasteiger partial charge in [0.15, 0.2) is 0 Å². The SMILES string of the molecule is CCCNC(=O)Cc1c(C)nc([C@@H]2CCCN(C(=O)C3CCC3)C2)nc1C. The van der Waals surface area contributed by atoms with E-state index in [1.807, 2.05) is 25.7 Å². The van der Waals surface area contributed by atoms with Crippen molar-refractivity contribution in [3.05, 3.63) is 22.8 Å². The smallest absolute Gasteiger partial charge is 0.225 e. The summed E-state index contributed by atoms with van der Waals surface area (Å²) >= 11 is 0. The van der Waals surface area contributed by atoms with Crippen LogP contribution in [0.5, 0.6) is 0 Å². The number of nitrogens with one attached hydrogen (secondary N) is 1. The normalized spacial score (nSPS) is 20.3. The summed E-state index contributed by atoms with van der Waals surface area (Å²) in [5, 5.41) is 2.91. The Labute approximate surface area is 162 Å². The third kappa shape index (κ3) is 4.66. The molecule has 1 atom stereocenters. The molecule has 2 fully saturated rings. The molecule has 27 heavy (non-hydrogen) atoms. The molecular weight excluding hydrogens is 340 g/mol. The molecule has 1 saturated carbocycles. The van der Waals surface area contributed by atoms with Crippen LogP contribution in [0.3, 0.4) is 0 Å². The van der Waals surface area contributed by atoms with E-state index in [0.717, 1.165) is 68.0 Å². The van der Waals surface area contributed by atoms with Crippen LogP contribution < -0.4 is 5.32 Å². The highest BCUT2D eigenvalue weighted by molar-refractivity contribution is 5.80. The van der Waals surface area contributed by atoms with Gasteiger partial charge in [0.05, 0.1) is 6.42 Å². The van der Waals surface area contributed by atoms with Crippen LogP contribution in [0.15, 0.2) is 0 Å². The standard InChI is InChI=1S/C21H32N4O2/c1-4-10-22-19(26)12-18-14(2)23-20(24-15(18)3)17-9-6-11-25(13-17)21(27)16-7-5-8-16/h16-17H,4-13H2,1-3H3,(H,22,26)/t17-/m1/s1. The van der Waals surface area contributed by atoms with Crippen molar-refractivity contribution in [3.8, 4) is 0 Å². The van der Waals surface area contributed by atoms with Crippen molar-refractivity contribution in [2.45, 2.75) is 71.6 Å². The maximum atomic E-state index is 12.6. The summed E-state index contributed by atoms with van der Waals surface area (Å²) in [6.07, 6.45) is 6.55. The minimum absolute atomic E-state index is 0.0225. The van der Waals surface area contributed by atoms with Crippen molar-refractivity contribution in [3.63, 3.8) is 0 Å². The number of carbonyl (C=O) groups excluding carboxylic acids is 2. The van der Waals surface area contributed by atoms with Crippen LogP contribution >= 0.6 is 0 Å². The number of hydrogen-bond donors (Lipinski definition) is 1. The number of carbonyl (C=O) groups is 2. The van der Waals surface area contributed by atoms with Gasteiger partial charge in [-0.2, -0.15) is 0 Å². The zero-order valence-electron chi connectivity index (χ0n) is 16.9. The lowest BCUT2D eigenvalue weighted by Crippen LogP contribution is -2.44. The highest BCUT2D eigenvalue weighted by atomic mass is 16.2. The quantitative estimate of drug-likeness (QED) is 0.833. The zero-order chi connectivity index (χ0) is 19.4. The lowest BCUT2D eigenvalue weighted by molar-refractivity contribution is -0.139. The first-order chi connectivity index (χ1) is 13.0. The van der Waals surface area contributed by atoms with Crippen LogP contribution in [0.2, 0.25) is 0 Å². The van der Waals surface area contributed by atoms with Gasteiger partial charge in [-0.05, 0) is 46.0 Å². The number of piperidine rings is 1. The molecule has 2 amide bonds. The second kappa shape index (κ2) is 8.81. The van der Waals surface area contributed by atoms with Gasteiger partial charge in [0.1, 0.15) is 5.82 Å². The Hall–Kier alpha value is -1.98. The highest BCUT2D eigenvalue weighted by Gasteiger charge is 2.33. The first kappa shape index (κ1) is 19.8. The van der Waals surface area contributed by atoms with Crippen molar-refractivity contribution in [2.24, 2.45) is 5.92 Å². The molecule has 1 N–H and O–H groups in total. The Morgan fingerprint density at radius 1 is 1.11 bits per heavy atom. The van der Waals surface area contributed by atoms with Gasteiger partial charge in [0, 0.05) is 48.4 Å². The highest BCUT2D eigenvalue weighted by Crippen LogP contribution is 2.32. The fourth-order valence-electron chi connectivity index (χ4n) is 3.99. The van der Waals surface area contributed by atoms with E-state index in [4.69, 9.17) is 9.97 Å². The van der Waals surface area contributed by atoms with Crippen molar-refractivity contribution >= 4 is 11.8 Å². The average molecular weight is 373 g/mol. The molecule has 0 unspecified atom stereocenters. The molecule has 0 bridgehead atoms. The van der Waals surface area contributed by atoms with E-state index in [2.05, 4.69) is 5.32 Å². The van der Waals surface area contributed by atoms with E-state index in [1.54, 1.807) is 0 Å². The monoisotopic (exact) mass is 372 g/mol. The van der Waals surface area contributed by atoms with Gasteiger partial charge in [-0.3, -0.25) is 9.59 Å². The van der Waals surface area contributed by atoms with Gasteiger partial charge < -0.3 is 10.2 Å². The maximum Gasteiger partial charge on any atom is 0.225 e. The van der Waals surface area contributed by atoms with E-state index >= 15 is 0 Å². The first-order valence-electron chi connectivity index (χ1n) is 10.4. The Morgan fingerprint density at radius 3 is 2.41 bits per heavy atom. The summed E-state index contributed by atoms with van der Waals surface area (Å²) in [5.41, 5.74) is 2.68. The summed E-state index contributed by atoms with van der Waals surface area (Å²) in [5.74, 6) is 1.62. The van der Waals surface area contributed by atoms with Crippen LogP contribution in [-0.2, 0) is 16.0 Å². The number of nitrogens with zero attached hydrogens (tertiary/aromatic N) is 3. The zero-order valence-corrected chi connectivity index (χ0v) is 16.9. The molecule has 6 nitrogen and oxygen atoms in total. The van der Waals surface area contributed by atoms with Gasteiger partial charge in [0.2, 0.25) is 11.8 Å². The number of rotatable bonds is 6. The number of amides is 2. The largest absolute Gasteiger partial charge is 0.356 e. The molecule has 1 saturated heterocycles. The van der Waals surface area contributed by atoms with Crippen LogP contribution in [-0.4, -0.2) is 46.3 Å². The van der Waals surface area contributed by atoms with Gasteiger partial charge in [0.25, 0.3) is 0 Å². The lowest BCUT2D eigenvalue weighted by atomic mass is 9.83. The van der Waals surface area contributed by atoms with Crippen molar-refractivity contribution in [1.29, 1.82) is 0 Å². The van der Waals surface area contributed by atoms with Crippen molar-refractivity contribution in [2.75, 3.05) is 19.6 Å². The summed E-state index contributed by atoms with van der Waals surface area (Å²) in [6.45, 7) is 8.24. The Morgan fingerprint density at radius 2 is 1.81 bits per heavy atom. The molecule has 6 heteroatoms. The third-order valence-electron chi connectivity index (χ3n) is 5.90. The molecule has 2 aliphatic rings. The topological polar surface area (TPSA) is 75.2 Å². The van der Waals surface area contributed by atoms with E-state index in [0.29, 0.717) is 18.9 Å². The van der Waals surface area contributed by atoms with E-state index in [-0.39, 0.29) is 17.7 Å². The molecule has 1 aliphatic heterocycles. The van der Waals surface area contributed by atoms with Gasteiger partial charge in [-0.15, -0.1) is 0 Å². The number of likely N-dealkylation sites (tertiary alicyclic amines) is 1.